The lowest BCUT2D eigenvalue weighted by molar-refractivity contribution is 0.100. The van der Waals surface area contributed by atoms with Crippen molar-refractivity contribution in [1.82, 2.24) is 0 Å². The molecule has 0 atom stereocenters. The molecule has 0 heterocycles. The smallest absolute Gasteiger partial charge is 0.196 e. The number of aliphatic hydroxyl groups is 1. The van der Waals surface area contributed by atoms with Gasteiger partial charge in [-0.05, 0) is 57.2 Å². The van der Waals surface area contributed by atoms with E-state index in [0.29, 0.717) is 16.5 Å². The Hall–Kier alpha value is -2.82. The van der Waals surface area contributed by atoms with E-state index in [4.69, 9.17) is 0 Å². The molecule has 0 bridgehead atoms. The summed E-state index contributed by atoms with van der Waals surface area (Å²) in [6, 6.07) is 3.37. The van der Waals surface area contributed by atoms with Gasteiger partial charge < -0.3 is 15.3 Å². The molecule has 5 heteroatoms. The molecule has 130 valence electrons. The molecule has 0 spiro atoms. The molecule has 3 N–H and O–H groups in total. The Labute approximate surface area is 145 Å². The van der Waals surface area contributed by atoms with Gasteiger partial charge in [-0.1, -0.05) is 6.07 Å². The molecule has 0 fully saturated rings. The predicted molar refractivity (Wildman–Crippen MR) is 94.7 cm³/mol. The third-order valence-corrected chi connectivity index (χ3v) is 5.11. The predicted octanol–water partition coefficient (Wildman–Crippen LogP) is 4.07. The van der Waals surface area contributed by atoms with Crippen molar-refractivity contribution in [2.24, 2.45) is 0 Å². The van der Waals surface area contributed by atoms with E-state index in [2.05, 4.69) is 0 Å². The first-order chi connectivity index (χ1) is 11.5. The maximum atomic E-state index is 12.6. The van der Waals surface area contributed by atoms with Crippen molar-refractivity contribution in [3.05, 3.63) is 45.7 Å². The number of aliphatic hydroxyl groups excluding tert-OH is 1. The molecule has 5 nitrogen and oxygen atoms in total. The lowest BCUT2D eigenvalue weighted by atomic mass is 9.71. The van der Waals surface area contributed by atoms with Crippen LogP contribution in [0.25, 0.3) is 10.8 Å². The summed E-state index contributed by atoms with van der Waals surface area (Å²) in [5.74, 6) is -1.54. The van der Waals surface area contributed by atoms with E-state index in [1.54, 1.807) is 32.9 Å². The van der Waals surface area contributed by atoms with E-state index in [1.807, 2.05) is 0 Å². The molecule has 0 unspecified atom stereocenters. The first kappa shape index (κ1) is 17.0. The number of allylic oxidation sites excluding steroid dienone is 2. The van der Waals surface area contributed by atoms with Crippen molar-refractivity contribution < 1.29 is 24.9 Å². The second-order valence-corrected chi connectivity index (χ2v) is 7.15. The van der Waals surface area contributed by atoms with Crippen LogP contribution in [0.3, 0.4) is 0 Å². The van der Waals surface area contributed by atoms with Gasteiger partial charge in [0.05, 0.1) is 16.5 Å². The lowest BCUT2D eigenvalue weighted by Gasteiger charge is -2.33. The van der Waals surface area contributed by atoms with E-state index in [9.17, 15) is 24.9 Å². The summed E-state index contributed by atoms with van der Waals surface area (Å²) in [5.41, 5.74) is 0.544. The van der Waals surface area contributed by atoms with Gasteiger partial charge in [-0.3, -0.25) is 9.59 Å². The Bertz CT molecular complexity index is 1010. The topological polar surface area (TPSA) is 94.8 Å². The maximum Gasteiger partial charge on any atom is 0.196 e. The molecule has 0 saturated carbocycles. The van der Waals surface area contributed by atoms with Crippen LogP contribution in [0.2, 0.25) is 0 Å². The number of hydrogen-bond acceptors (Lipinski definition) is 5. The van der Waals surface area contributed by atoms with Crippen LogP contribution in [-0.2, 0) is 5.41 Å². The quantitative estimate of drug-likeness (QED) is 0.680. The van der Waals surface area contributed by atoms with Crippen molar-refractivity contribution >= 4 is 22.3 Å². The van der Waals surface area contributed by atoms with Gasteiger partial charge >= 0.3 is 0 Å². The van der Waals surface area contributed by atoms with Gasteiger partial charge in [0.15, 0.2) is 11.6 Å². The fourth-order valence-corrected chi connectivity index (χ4v) is 3.73. The van der Waals surface area contributed by atoms with Crippen LogP contribution in [-0.4, -0.2) is 26.9 Å². The van der Waals surface area contributed by atoms with Crippen molar-refractivity contribution in [3.8, 4) is 11.5 Å². The van der Waals surface area contributed by atoms with E-state index in [-0.39, 0.29) is 45.1 Å². The Balaban J connectivity index is 2.53. The Morgan fingerprint density at radius 1 is 1.04 bits per heavy atom. The zero-order valence-corrected chi connectivity index (χ0v) is 14.8. The van der Waals surface area contributed by atoms with Crippen LogP contribution in [0, 0.1) is 6.92 Å². The average Bonchev–Trinajstić information content (AvgIpc) is 2.50. The number of benzene rings is 2. The number of phenolic OH excluding ortho intramolecular Hbond substituents is 2. The lowest BCUT2D eigenvalue weighted by Crippen LogP contribution is -2.30. The van der Waals surface area contributed by atoms with E-state index in [0.717, 1.165) is 0 Å². The highest BCUT2D eigenvalue weighted by Crippen LogP contribution is 2.48. The summed E-state index contributed by atoms with van der Waals surface area (Å²) in [6.45, 7) is 8.06. The highest BCUT2D eigenvalue weighted by molar-refractivity contribution is 6.18. The molecule has 0 amide bonds. The molecule has 0 saturated heterocycles. The largest absolute Gasteiger partial charge is 0.511 e. The van der Waals surface area contributed by atoms with E-state index >= 15 is 0 Å². The van der Waals surface area contributed by atoms with Crippen molar-refractivity contribution in [3.63, 3.8) is 0 Å². The van der Waals surface area contributed by atoms with Gasteiger partial charge in [-0.15, -0.1) is 0 Å². The monoisotopic (exact) mass is 340 g/mol. The molecule has 3 rings (SSSR count). The minimum atomic E-state index is -0.859. The molecule has 25 heavy (non-hydrogen) atoms. The minimum absolute atomic E-state index is 0.0370. The van der Waals surface area contributed by atoms with Gasteiger partial charge in [-0.25, -0.2) is 0 Å². The van der Waals surface area contributed by atoms with Crippen LogP contribution < -0.4 is 0 Å². The molecule has 1 aliphatic carbocycles. The molecular weight excluding hydrogens is 320 g/mol. The second-order valence-electron chi connectivity index (χ2n) is 7.15. The van der Waals surface area contributed by atoms with Gasteiger partial charge in [0.25, 0.3) is 0 Å². The number of hydrogen-bond donors (Lipinski definition) is 3. The van der Waals surface area contributed by atoms with Crippen molar-refractivity contribution in [1.29, 1.82) is 0 Å². The third-order valence-electron chi connectivity index (χ3n) is 5.11. The average molecular weight is 340 g/mol. The van der Waals surface area contributed by atoms with Gasteiger partial charge in [0, 0.05) is 11.0 Å². The van der Waals surface area contributed by atoms with Gasteiger partial charge in [0.2, 0.25) is 0 Å². The summed E-state index contributed by atoms with van der Waals surface area (Å²) >= 11 is 0. The summed E-state index contributed by atoms with van der Waals surface area (Å²) in [7, 11) is 0. The molecule has 2 aromatic carbocycles. The number of rotatable bonds is 1. The van der Waals surface area contributed by atoms with Crippen LogP contribution in [0.4, 0.5) is 0 Å². The van der Waals surface area contributed by atoms with Crippen LogP contribution >= 0.6 is 0 Å². The third kappa shape index (κ3) is 2.08. The Kier molecular flexibility index (Phi) is 3.46. The van der Waals surface area contributed by atoms with Crippen molar-refractivity contribution in [2.75, 3.05) is 0 Å². The maximum absolute atomic E-state index is 12.6. The molecule has 0 radical (unpaired) electrons. The van der Waals surface area contributed by atoms with E-state index < -0.39 is 11.2 Å². The first-order valence-corrected chi connectivity index (χ1v) is 7.98. The Morgan fingerprint density at radius 3 is 2.20 bits per heavy atom. The number of fused-ring (bicyclic) bond motifs is 2. The van der Waals surface area contributed by atoms with Gasteiger partial charge in [-0.2, -0.15) is 0 Å². The number of phenols is 2. The van der Waals surface area contributed by atoms with Crippen LogP contribution in [0.1, 0.15) is 59.5 Å². The number of aromatic hydroxyl groups is 2. The summed E-state index contributed by atoms with van der Waals surface area (Å²) < 4.78 is 0. The fraction of sp³-hybridized carbons (Fsp3) is 0.300. The zero-order chi connectivity index (χ0) is 18.8. The fourth-order valence-electron chi connectivity index (χ4n) is 3.73. The Morgan fingerprint density at radius 2 is 1.64 bits per heavy atom. The number of aryl methyl sites for hydroxylation is 1. The summed E-state index contributed by atoms with van der Waals surface area (Å²) in [4.78, 5) is 24.5. The van der Waals surface area contributed by atoms with Crippen LogP contribution in [0.15, 0.2) is 23.5 Å². The van der Waals surface area contributed by atoms with Crippen LogP contribution in [0.5, 0.6) is 11.5 Å². The highest BCUT2D eigenvalue weighted by Gasteiger charge is 2.40. The molecule has 0 aromatic heterocycles. The zero-order valence-electron chi connectivity index (χ0n) is 14.8. The first-order valence-electron chi connectivity index (χ1n) is 7.98. The molecule has 2 aromatic rings. The number of ketones is 2. The SMILES string of the molecule is CC(=O)c1c(C)cc2cc3c(c(O)c2c1O)C(=O)C(C)=C(O)C3(C)C. The molecule has 1 aliphatic rings. The number of carbonyl (C=O) groups excluding carboxylic acids is 2. The summed E-state index contributed by atoms with van der Waals surface area (Å²) in [5, 5.41) is 32.3. The second kappa shape index (κ2) is 5.09. The standard InChI is InChI=1S/C20H20O5/c1-8-6-11-7-12-15(16(22)9(2)19(25)20(12,4)5)18(24)14(11)17(23)13(8)10(3)21/h6-7,23-25H,1-5H3. The summed E-state index contributed by atoms with van der Waals surface area (Å²) in [6.07, 6.45) is 0. The normalized spacial score (nSPS) is 16.3. The van der Waals surface area contributed by atoms with E-state index in [1.165, 1.54) is 13.8 Å². The highest BCUT2D eigenvalue weighted by atomic mass is 16.3. The van der Waals surface area contributed by atoms with Gasteiger partial charge in [0.1, 0.15) is 17.3 Å². The minimum Gasteiger partial charge on any atom is -0.511 e. The molecule has 0 aliphatic heterocycles. The number of carbonyl (C=O) groups is 2. The number of Topliss-reactive ketones (excluding diaryl/α,β-unsaturated/α-hetero) is 2. The van der Waals surface area contributed by atoms with Crippen molar-refractivity contribution in [2.45, 2.75) is 40.0 Å². The molecular formula is C20H20O5.